The molecule has 6 nitrogen and oxygen atoms in total. The van der Waals surface area contributed by atoms with Crippen molar-refractivity contribution in [1.29, 1.82) is 0 Å². The minimum atomic E-state index is -0.638. The van der Waals surface area contributed by atoms with Crippen LogP contribution in [0.4, 0.5) is 10.6 Å². The van der Waals surface area contributed by atoms with Crippen LogP contribution in [0.5, 0.6) is 5.75 Å². The van der Waals surface area contributed by atoms with Crippen molar-refractivity contribution < 1.29 is 14.3 Å². The predicted octanol–water partition coefficient (Wildman–Crippen LogP) is 6.79. The zero-order valence-corrected chi connectivity index (χ0v) is 21.0. The first kappa shape index (κ1) is 24.0. The molecule has 0 spiro atoms. The molecule has 33 heavy (non-hydrogen) atoms. The lowest BCUT2D eigenvalue weighted by molar-refractivity contribution is 0.0523. The van der Waals surface area contributed by atoms with Crippen molar-refractivity contribution in [3.8, 4) is 5.75 Å². The van der Waals surface area contributed by atoms with E-state index in [0.29, 0.717) is 39.2 Å². The summed E-state index contributed by atoms with van der Waals surface area (Å²) in [5.41, 5.74) is 9.31. The summed E-state index contributed by atoms with van der Waals surface area (Å²) in [5, 5.41) is 5.94. The molecule has 176 valence electrons. The van der Waals surface area contributed by atoms with Gasteiger partial charge in [0.25, 0.3) is 0 Å². The van der Waals surface area contributed by atoms with Gasteiger partial charge in [0.2, 0.25) is 0 Å². The maximum atomic E-state index is 12.6. The Balaban J connectivity index is 1.74. The van der Waals surface area contributed by atoms with E-state index >= 15 is 0 Å². The van der Waals surface area contributed by atoms with E-state index in [0.717, 1.165) is 36.0 Å². The van der Waals surface area contributed by atoms with E-state index in [1.54, 1.807) is 20.8 Å². The number of hydrogen-bond donors (Lipinski definition) is 1. The van der Waals surface area contributed by atoms with Gasteiger partial charge in [-0.3, -0.25) is 0 Å². The summed E-state index contributed by atoms with van der Waals surface area (Å²) in [7, 11) is 0. The Kier molecular flexibility index (Phi) is 6.72. The van der Waals surface area contributed by atoms with E-state index in [-0.39, 0.29) is 11.7 Å². The molecule has 9 heteroatoms. The first-order valence-corrected chi connectivity index (χ1v) is 12.1. The fourth-order valence-electron chi connectivity index (χ4n) is 4.30. The largest absolute Gasteiger partial charge is 0.489 e. The summed E-state index contributed by atoms with van der Waals surface area (Å²) in [6.07, 6.45) is 2.19. The van der Waals surface area contributed by atoms with Gasteiger partial charge in [0, 0.05) is 11.3 Å². The molecule has 3 aromatic rings. The number of nitrogens with zero attached hydrogens (tertiary/aromatic N) is 2. The maximum Gasteiger partial charge on any atom is 0.435 e. The van der Waals surface area contributed by atoms with Crippen molar-refractivity contribution in [3.63, 3.8) is 0 Å². The number of nitrogens with two attached hydrogens (primary N) is 1. The molecule has 4 rings (SSSR count). The molecular formula is C24H26Cl3N3O3. The second-order valence-corrected chi connectivity index (χ2v) is 10.3. The summed E-state index contributed by atoms with van der Waals surface area (Å²) >= 11 is 19.0. The fraction of sp³-hybridized carbons (Fsp3) is 0.417. The van der Waals surface area contributed by atoms with Crippen molar-refractivity contribution in [2.75, 3.05) is 18.2 Å². The smallest absolute Gasteiger partial charge is 0.435 e. The minimum Gasteiger partial charge on any atom is -0.489 e. The van der Waals surface area contributed by atoms with Crippen LogP contribution in [0.3, 0.4) is 0 Å². The van der Waals surface area contributed by atoms with Crippen LogP contribution in [-0.4, -0.2) is 34.0 Å². The van der Waals surface area contributed by atoms with Gasteiger partial charge in [-0.05, 0) is 74.9 Å². The van der Waals surface area contributed by atoms with Gasteiger partial charge in [-0.2, -0.15) is 4.68 Å². The molecule has 0 bridgehead atoms. The summed E-state index contributed by atoms with van der Waals surface area (Å²) in [4.78, 5) is 12.6. The standard InChI is InChI=1S/C24H26Cl3N3O3/c1-24(2,3)33-23(31)30-19-8-7-13(11-17(19)22(28)29-30)14-5-4-6-15-16(14)12-18(26)21(20(15)27)32-10-9-25/h7-8,11-12,14H,4-6,9-10H2,1-3H3,(H2,28,29). The Labute approximate surface area is 207 Å². The van der Waals surface area contributed by atoms with E-state index in [9.17, 15) is 4.79 Å². The fourth-order valence-corrected chi connectivity index (χ4v) is 5.05. The van der Waals surface area contributed by atoms with Crippen molar-refractivity contribution in [3.05, 3.63) is 51.0 Å². The van der Waals surface area contributed by atoms with Gasteiger partial charge in [-0.1, -0.05) is 29.3 Å². The quantitative estimate of drug-likeness (QED) is 0.391. The first-order chi connectivity index (χ1) is 15.6. The van der Waals surface area contributed by atoms with Crippen LogP contribution < -0.4 is 10.5 Å². The summed E-state index contributed by atoms with van der Waals surface area (Å²) < 4.78 is 12.4. The highest BCUT2D eigenvalue weighted by molar-refractivity contribution is 6.37. The molecule has 1 aromatic heterocycles. The second kappa shape index (κ2) is 9.24. The van der Waals surface area contributed by atoms with Gasteiger partial charge in [-0.25, -0.2) is 4.79 Å². The number of alkyl halides is 1. The number of rotatable bonds is 4. The summed E-state index contributed by atoms with van der Waals surface area (Å²) in [6.45, 7) is 5.75. The van der Waals surface area contributed by atoms with Gasteiger partial charge in [-0.15, -0.1) is 16.7 Å². The van der Waals surface area contributed by atoms with Crippen LogP contribution >= 0.6 is 34.8 Å². The molecule has 1 unspecified atom stereocenters. The van der Waals surface area contributed by atoms with E-state index in [1.807, 2.05) is 24.3 Å². The van der Waals surface area contributed by atoms with Crippen LogP contribution in [0.2, 0.25) is 10.0 Å². The molecule has 0 fully saturated rings. The molecule has 1 atom stereocenters. The van der Waals surface area contributed by atoms with Crippen LogP contribution in [0, 0.1) is 0 Å². The van der Waals surface area contributed by atoms with Gasteiger partial charge >= 0.3 is 6.09 Å². The lowest BCUT2D eigenvalue weighted by Gasteiger charge is -2.28. The number of halogens is 3. The molecule has 0 saturated heterocycles. The molecule has 0 radical (unpaired) electrons. The Bertz CT molecular complexity index is 1220. The number of anilines is 1. The molecule has 2 aromatic carbocycles. The van der Waals surface area contributed by atoms with Crippen LogP contribution in [0.15, 0.2) is 24.3 Å². The number of hydrogen-bond acceptors (Lipinski definition) is 5. The topological polar surface area (TPSA) is 79.4 Å². The third kappa shape index (κ3) is 4.75. The van der Waals surface area contributed by atoms with Gasteiger partial charge in [0.1, 0.15) is 12.2 Å². The predicted molar refractivity (Wildman–Crippen MR) is 133 cm³/mol. The average Bonchev–Trinajstić information content (AvgIpc) is 3.08. The Hall–Kier alpha value is -2.15. The van der Waals surface area contributed by atoms with Gasteiger partial charge in [0.05, 0.1) is 21.4 Å². The number of carbonyl (C=O) groups excluding carboxylic acids is 1. The molecule has 1 aliphatic carbocycles. The van der Waals surface area contributed by atoms with Gasteiger partial charge < -0.3 is 15.2 Å². The molecule has 1 aliphatic rings. The monoisotopic (exact) mass is 509 g/mol. The number of nitrogen functional groups attached to an aromatic ring is 1. The Morgan fingerprint density at radius 3 is 2.73 bits per heavy atom. The van der Waals surface area contributed by atoms with E-state index in [4.69, 9.17) is 50.0 Å². The van der Waals surface area contributed by atoms with Crippen molar-refractivity contribution in [1.82, 2.24) is 9.78 Å². The van der Waals surface area contributed by atoms with Gasteiger partial charge in [0.15, 0.2) is 11.6 Å². The summed E-state index contributed by atoms with van der Waals surface area (Å²) in [6, 6.07) is 7.77. The van der Waals surface area contributed by atoms with Crippen molar-refractivity contribution in [2.45, 2.75) is 51.6 Å². The zero-order chi connectivity index (χ0) is 23.9. The van der Waals surface area contributed by atoms with E-state index < -0.39 is 11.7 Å². The third-order valence-electron chi connectivity index (χ3n) is 5.63. The average molecular weight is 511 g/mol. The van der Waals surface area contributed by atoms with E-state index in [2.05, 4.69) is 5.10 Å². The van der Waals surface area contributed by atoms with Crippen molar-refractivity contribution in [2.24, 2.45) is 0 Å². The Morgan fingerprint density at radius 1 is 1.27 bits per heavy atom. The number of benzene rings is 2. The normalized spacial score (nSPS) is 16.0. The highest BCUT2D eigenvalue weighted by atomic mass is 35.5. The molecule has 2 N–H and O–H groups in total. The molecule has 1 heterocycles. The lowest BCUT2D eigenvalue weighted by atomic mass is 9.78. The number of ether oxygens (including phenoxy) is 2. The summed E-state index contributed by atoms with van der Waals surface area (Å²) in [5.74, 6) is 1.19. The molecule has 0 aliphatic heterocycles. The number of carbonyl (C=O) groups is 1. The molecular weight excluding hydrogens is 485 g/mol. The number of fused-ring (bicyclic) bond motifs is 2. The van der Waals surface area contributed by atoms with Crippen molar-refractivity contribution >= 4 is 57.6 Å². The molecule has 0 amide bonds. The molecule has 0 saturated carbocycles. The zero-order valence-electron chi connectivity index (χ0n) is 18.8. The maximum absolute atomic E-state index is 12.6. The number of aromatic nitrogens is 2. The van der Waals surface area contributed by atoms with Crippen LogP contribution in [0.1, 0.15) is 56.2 Å². The highest BCUT2D eigenvalue weighted by Gasteiger charge is 2.28. The van der Waals surface area contributed by atoms with Crippen LogP contribution in [0.25, 0.3) is 10.9 Å². The lowest BCUT2D eigenvalue weighted by Crippen LogP contribution is -2.27. The second-order valence-electron chi connectivity index (χ2n) is 9.11. The van der Waals surface area contributed by atoms with Crippen LogP contribution in [-0.2, 0) is 11.2 Å². The minimum absolute atomic E-state index is 0.0829. The Morgan fingerprint density at radius 2 is 2.03 bits per heavy atom. The SMILES string of the molecule is CC(C)(C)OC(=O)n1nc(N)c2cc(C3CCCc4c3cc(Cl)c(OCCCl)c4Cl)ccc21. The third-order valence-corrected chi connectivity index (χ3v) is 6.47. The van der Waals surface area contributed by atoms with E-state index in [1.165, 1.54) is 4.68 Å². The first-order valence-electron chi connectivity index (χ1n) is 10.8. The highest BCUT2D eigenvalue weighted by Crippen LogP contribution is 2.46.